The largest absolute Gasteiger partial charge is 3.00 e. The molecule has 0 saturated carbocycles. The third-order valence-corrected chi connectivity index (χ3v) is 15.0. The number of hydrogen-bond acceptors (Lipinski definition) is 15. The van der Waals surface area contributed by atoms with E-state index in [0.29, 0.717) is 91.5 Å². The molecule has 23 nitrogen and oxygen atoms in total. The number of nitrogens with zero attached hydrogens (tertiary/aromatic N) is 23. The molecule has 1 radical (unpaired) electrons. The van der Waals surface area contributed by atoms with Crippen molar-refractivity contribution in [2.24, 2.45) is 28.2 Å². The molecule has 0 spiro atoms. The molecule has 4 aliphatic rings. The normalized spacial score (nSPS) is 11.8. The van der Waals surface area contributed by atoms with E-state index in [0.717, 1.165) is 87.6 Å². The molecule has 18 rings (SSSR count). The van der Waals surface area contributed by atoms with Crippen LogP contribution in [0.3, 0.4) is 0 Å². The average Bonchev–Trinajstić information content (AvgIpc) is 2.29. The fourth-order valence-electron chi connectivity index (χ4n) is 11.0. The Morgan fingerprint density at radius 1 is 0.291 bits per heavy atom. The second-order valence-electron chi connectivity index (χ2n) is 20.5. The summed E-state index contributed by atoms with van der Waals surface area (Å²) in [5.74, 6) is 3.04. The van der Waals surface area contributed by atoms with Gasteiger partial charge in [0.25, 0.3) is 0 Å². The summed E-state index contributed by atoms with van der Waals surface area (Å²) in [6.07, 6.45) is 29.7. The molecule has 0 saturated heterocycles. The molecule has 25 heteroatoms. The van der Waals surface area contributed by atoms with Crippen LogP contribution in [-0.2, 0) is 62.3 Å². The van der Waals surface area contributed by atoms with Crippen LogP contribution in [0.25, 0.3) is 179 Å². The number of aryl methyl sites for hydroxylation is 4. The molecule has 0 fully saturated rings. The van der Waals surface area contributed by atoms with Gasteiger partial charge in [-0.05, 0) is 35.2 Å². The van der Waals surface area contributed by atoms with Crippen molar-refractivity contribution in [1.29, 1.82) is 0 Å². The minimum Gasteiger partial charge on any atom is -0.388 e. The van der Waals surface area contributed by atoms with Crippen LogP contribution >= 0.6 is 0 Å². The maximum atomic E-state index is 5.02. The molecule has 0 aromatic carbocycles. The van der Waals surface area contributed by atoms with Crippen LogP contribution in [0.4, 0.5) is 0 Å². The van der Waals surface area contributed by atoms with Crippen molar-refractivity contribution in [1.82, 2.24) is 94.7 Å². The standard InChI is InChI=1S/C32H24N12.C29H12N11.2Fe/c1-41-9-5-17-21(13-41)29-33-25(17)38-30-23-15-43(3)11-7-19(23)27(35-30)40-32-24-16-44(4)12-8-20(24)28(36-32)39-31-22-14-42(2)10-6-18(22)26(34-31)37-29;1-5-30-10-18-14(1)22-9-23(18)35-24-15-2-6-32-12-20(15)28(36-24)39-26-17-4-8-33-13-21(17)29(40-26)38-25-16-3-7-31-11-19(16)27(34-22)37-25;;/h5-16H,1-4H3;1-8,10-13H;;/q+2;-3;+2;+3. The van der Waals surface area contributed by atoms with Gasteiger partial charge < -0.3 is 59.8 Å². The van der Waals surface area contributed by atoms with Crippen LogP contribution in [0.15, 0.2) is 148 Å². The monoisotopic (exact) mass is 1200 g/mol. The third kappa shape index (κ3) is 8.35. The van der Waals surface area contributed by atoms with Gasteiger partial charge in [-0.15, -0.1) is 23.0 Å². The van der Waals surface area contributed by atoms with E-state index in [9.17, 15) is 0 Å². The van der Waals surface area contributed by atoms with E-state index < -0.39 is 0 Å². The Labute approximate surface area is 505 Å². The van der Waals surface area contributed by atoms with Crippen LogP contribution in [-0.4, -0.2) is 74.8 Å². The number of pyridine rings is 8. The van der Waals surface area contributed by atoms with Crippen molar-refractivity contribution < 1.29 is 52.4 Å². The molecule has 14 aromatic rings. The molecule has 14 aromatic heterocycles. The SMILES string of the molecule is C[n+]1ccc2c(c1)-c1nc-2nc2[n-]c(nc3nc(nc4[n-]c(n1)c1cc[n+](C)cc41)-c1cc[n+](C)cc1-3)c1cc[n+](C)cc21.[Fe+2].[Fe+3].[c-]1c2nc3[n-]c(nc4nc(nc5[n-]c(nc1-c1cnccc1-2)c1ccncc51)-c1ccncc1-4)c1ccncc31. The number of rotatable bonds is 0. The molecular formula is C61H36Fe2N23+4. The Morgan fingerprint density at radius 3 is 1.12 bits per heavy atom. The van der Waals surface area contributed by atoms with Gasteiger partial charge in [0, 0.05) is 157 Å². The number of aromatic nitrogens is 23. The zero-order valence-electron chi connectivity index (χ0n) is 45.3. The Balaban J connectivity index is 0.000000143. The Bertz CT molecular complexity index is 5120. The van der Waals surface area contributed by atoms with Gasteiger partial charge >= 0.3 is 34.1 Å². The van der Waals surface area contributed by atoms with E-state index in [2.05, 4.69) is 26.0 Å². The van der Waals surface area contributed by atoms with Gasteiger partial charge in [-0.3, -0.25) is 19.9 Å². The minimum absolute atomic E-state index is 0. The smallest absolute Gasteiger partial charge is 0.388 e. The van der Waals surface area contributed by atoms with Gasteiger partial charge in [-0.1, -0.05) is 0 Å². The summed E-state index contributed by atoms with van der Waals surface area (Å²) in [7, 11) is 7.89. The Kier molecular flexibility index (Phi) is 12.0. The summed E-state index contributed by atoms with van der Waals surface area (Å²) >= 11 is 0. The van der Waals surface area contributed by atoms with Crippen molar-refractivity contribution in [3.05, 3.63) is 154 Å². The third-order valence-electron chi connectivity index (χ3n) is 15.0. The number of hydrogen-bond donors (Lipinski definition) is 0. The molecule has 407 valence electrons. The number of fused-ring (bicyclic) bond motifs is 40. The van der Waals surface area contributed by atoms with Crippen LogP contribution in [0.2, 0.25) is 0 Å². The predicted octanol–water partition coefficient (Wildman–Crippen LogP) is 5.53. The molecule has 0 unspecified atom stereocenters. The topological polar surface area (TPSA) is 265 Å². The van der Waals surface area contributed by atoms with Crippen LogP contribution in [0, 0.1) is 6.07 Å². The molecular weight excluding hydrogens is 1170 g/mol. The van der Waals surface area contributed by atoms with Gasteiger partial charge in [-0.25, -0.2) is 33.2 Å². The van der Waals surface area contributed by atoms with E-state index in [1.165, 1.54) is 0 Å². The Morgan fingerprint density at radius 2 is 0.616 bits per heavy atom. The maximum Gasteiger partial charge on any atom is 3.00 e. The van der Waals surface area contributed by atoms with E-state index in [-0.39, 0.29) is 34.1 Å². The molecule has 17 heterocycles. The second-order valence-corrected chi connectivity index (χ2v) is 20.5. The molecule has 3 aliphatic heterocycles. The summed E-state index contributed by atoms with van der Waals surface area (Å²) in [6.45, 7) is 0. The Hall–Kier alpha value is -11.0. The molecule has 0 N–H and O–H groups in total. The fraction of sp³-hybridized carbons (Fsp3) is 0.0656. The maximum absolute atomic E-state index is 5.02. The van der Waals surface area contributed by atoms with Gasteiger partial charge in [0.05, 0.1) is 56.8 Å². The summed E-state index contributed by atoms with van der Waals surface area (Å²) in [5, 5.41) is 6.60. The van der Waals surface area contributed by atoms with Gasteiger partial charge in [0.1, 0.15) is 28.2 Å². The summed E-state index contributed by atoms with van der Waals surface area (Å²) in [5.41, 5.74) is 11.8. The fourth-order valence-corrected chi connectivity index (χ4v) is 11.0. The van der Waals surface area contributed by atoms with Crippen molar-refractivity contribution in [2.75, 3.05) is 0 Å². The first-order valence-electron chi connectivity index (χ1n) is 26.4. The first kappa shape index (κ1) is 51.9. The molecule has 0 atom stereocenters. The van der Waals surface area contributed by atoms with Gasteiger partial charge in [0.15, 0.2) is 49.6 Å². The van der Waals surface area contributed by atoms with E-state index in [1.807, 2.05) is 145 Å². The van der Waals surface area contributed by atoms with Crippen LogP contribution < -0.4 is 38.2 Å². The second kappa shape index (κ2) is 19.9. The van der Waals surface area contributed by atoms with Crippen molar-refractivity contribution in [2.45, 2.75) is 0 Å². The molecule has 86 heavy (non-hydrogen) atoms. The predicted molar refractivity (Wildman–Crippen MR) is 305 cm³/mol. The molecule has 16 bridgehead atoms. The van der Waals surface area contributed by atoms with Crippen LogP contribution in [0.1, 0.15) is 0 Å². The summed E-state index contributed by atoms with van der Waals surface area (Å²) in [6, 6.07) is 18.9. The first-order chi connectivity index (χ1) is 41.2. The van der Waals surface area contributed by atoms with Crippen molar-refractivity contribution >= 4 is 88.3 Å². The zero-order valence-corrected chi connectivity index (χ0v) is 47.6. The van der Waals surface area contributed by atoms with Gasteiger partial charge in [0.2, 0.25) is 0 Å². The molecule has 1 aliphatic carbocycles. The minimum atomic E-state index is 0. The van der Waals surface area contributed by atoms with E-state index in [4.69, 9.17) is 74.8 Å². The van der Waals surface area contributed by atoms with Crippen molar-refractivity contribution in [3.63, 3.8) is 0 Å². The van der Waals surface area contributed by atoms with Gasteiger partial charge in [-0.2, -0.15) is 11.6 Å². The van der Waals surface area contributed by atoms with E-state index in [1.54, 1.807) is 49.6 Å². The first-order valence-corrected chi connectivity index (χ1v) is 26.4. The molecule has 0 amide bonds. The van der Waals surface area contributed by atoms with Crippen LogP contribution in [0.5, 0.6) is 0 Å². The zero-order chi connectivity index (χ0) is 55.9. The quantitative estimate of drug-likeness (QED) is 0.103. The average molecular weight is 1200 g/mol. The summed E-state index contributed by atoms with van der Waals surface area (Å²) < 4.78 is 7.90. The van der Waals surface area contributed by atoms with E-state index >= 15 is 0 Å². The van der Waals surface area contributed by atoms with Crippen molar-refractivity contribution in [3.8, 4) is 90.8 Å². The summed E-state index contributed by atoms with van der Waals surface area (Å²) in [4.78, 5) is 91.0.